The van der Waals surface area contributed by atoms with Gasteiger partial charge in [0.05, 0.1) is 10.2 Å². The molecule has 6 heteroatoms. The molecule has 96 valence electrons. The van der Waals surface area contributed by atoms with Crippen molar-refractivity contribution < 1.29 is 4.79 Å². The molecule has 1 atom stereocenters. The van der Waals surface area contributed by atoms with Crippen LogP contribution < -0.4 is 5.32 Å². The monoisotopic (exact) mass is 272 g/mol. The van der Waals surface area contributed by atoms with E-state index in [0.29, 0.717) is 18.1 Å². The quantitative estimate of drug-likeness (QED) is 0.843. The Kier molecular flexibility index (Phi) is 3.05. The fourth-order valence-corrected chi connectivity index (χ4v) is 3.05. The number of likely N-dealkylation sites (tertiary alicyclic amines) is 1. The molecule has 1 fully saturated rings. The summed E-state index contributed by atoms with van der Waals surface area (Å²) in [4.78, 5) is 18.1. The SMILES string of the molecule is N#CN1CC[C@H](NC(=O)c2nc3ccccc3s2)C1. The van der Waals surface area contributed by atoms with Gasteiger partial charge in [0.1, 0.15) is 0 Å². The van der Waals surface area contributed by atoms with Crippen LogP contribution in [0.2, 0.25) is 0 Å². The number of rotatable bonds is 2. The van der Waals surface area contributed by atoms with Crippen LogP contribution in [0.3, 0.4) is 0 Å². The smallest absolute Gasteiger partial charge is 0.280 e. The Morgan fingerprint density at radius 3 is 3.11 bits per heavy atom. The summed E-state index contributed by atoms with van der Waals surface area (Å²) >= 11 is 1.39. The highest BCUT2D eigenvalue weighted by Gasteiger charge is 2.24. The lowest BCUT2D eigenvalue weighted by atomic mass is 10.2. The lowest BCUT2D eigenvalue weighted by Crippen LogP contribution is -2.36. The number of nitrogens with one attached hydrogen (secondary N) is 1. The third kappa shape index (κ3) is 2.37. The largest absolute Gasteiger partial charge is 0.345 e. The molecule has 1 aliphatic rings. The minimum atomic E-state index is -0.147. The molecule has 2 aromatic rings. The van der Waals surface area contributed by atoms with Crippen molar-refractivity contribution in [2.75, 3.05) is 13.1 Å². The van der Waals surface area contributed by atoms with Crippen molar-refractivity contribution in [1.82, 2.24) is 15.2 Å². The summed E-state index contributed by atoms with van der Waals surface area (Å²) in [6.45, 7) is 1.30. The van der Waals surface area contributed by atoms with Crippen molar-refractivity contribution in [2.24, 2.45) is 0 Å². The minimum absolute atomic E-state index is 0.0409. The van der Waals surface area contributed by atoms with E-state index < -0.39 is 0 Å². The van der Waals surface area contributed by atoms with Crippen LogP contribution in [0.15, 0.2) is 24.3 Å². The van der Waals surface area contributed by atoms with Gasteiger partial charge < -0.3 is 10.2 Å². The maximum Gasteiger partial charge on any atom is 0.280 e. The van der Waals surface area contributed by atoms with E-state index in [1.807, 2.05) is 24.3 Å². The van der Waals surface area contributed by atoms with E-state index in [9.17, 15) is 4.79 Å². The van der Waals surface area contributed by atoms with E-state index in [4.69, 9.17) is 5.26 Å². The Hall–Kier alpha value is -2.13. The van der Waals surface area contributed by atoms with Gasteiger partial charge in [0.25, 0.3) is 5.91 Å². The summed E-state index contributed by atoms with van der Waals surface area (Å²) in [6.07, 6.45) is 2.91. The second-order valence-electron chi connectivity index (χ2n) is 4.49. The van der Waals surface area contributed by atoms with Crippen LogP contribution in [0.4, 0.5) is 0 Å². The Morgan fingerprint density at radius 2 is 2.37 bits per heavy atom. The van der Waals surface area contributed by atoms with Crippen LogP contribution in [0.1, 0.15) is 16.2 Å². The molecule has 5 nitrogen and oxygen atoms in total. The zero-order valence-corrected chi connectivity index (χ0v) is 11.0. The third-order valence-electron chi connectivity index (χ3n) is 3.15. The number of nitrogens with zero attached hydrogens (tertiary/aromatic N) is 3. The average Bonchev–Trinajstić information content (AvgIpc) is 3.04. The Morgan fingerprint density at radius 1 is 1.53 bits per heavy atom. The molecule has 1 saturated heterocycles. The Balaban J connectivity index is 1.72. The third-order valence-corrected chi connectivity index (χ3v) is 4.19. The number of aromatic nitrogens is 1. The van der Waals surface area contributed by atoms with Crippen LogP contribution in [0.25, 0.3) is 10.2 Å². The first-order valence-corrected chi connectivity index (χ1v) is 6.89. The van der Waals surface area contributed by atoms with E-state index in [1.165, 1.54) is 11.3 Å². The molecule has 0 radical (unpaired) electrons. The molecule has 19 heavy (non-hydrogen) atoms. The van der Waals surface area contributed by atoms with Crippen LogP contribution >= 0.6 is 11.3 Å². The molecule has 1 amide bonds. The summed E-state index contributed by atoms with van der Waals surface area (Å²) in [7, 11) is 0. The van der Waals surface area contributed by atoms with Crippen molar-refractivity contribution >= 4 is 27.5 Å². The average molecular weight is 272 g/mol. The zero-order valence-electron chi connectivity index (χ0n) is 10.2. The lowest BCUT2D eigenvalue weighted by molar-refractivity contribution is 0.0938. The highest BCUT2D eigenvalue weighted by molar-refractivity contribution is 7.20. The summed E-state index contributed by atoms with van der Waals surface area (Å²) < 4.78 is 1.01. The van der Waals surface area contributed by atoms with Gasteiger partial charge >= 0.3 is 0 Å². The predicted molar refractivity (Wildman–Crippen MR) is 72.7 cm³/mol. The first-order valence-electron chi connectivity index (χ1n) is 6.07. The molecule has 1 aromatic heterocycles. The predicted octanol–water partition coefficient (Wildman–Crippen LogP) is 1.58. The number of benzene rings is 1. The molecule has 3 rings (SSSR count). The van der Waals surface area contributed by atoms with Gasteiger partial charge in [0.2, 0.25) is 0 Å². The van der Waals surface area contributed by atoms with E-state index >= 15 is 0 Å². The number of amides is 1. The molecule has 0 unspecified atom stereocenters. The minimum Gasteiger partial charge on any atom is -0.345 e. The number of hydrogen-bond acceptors (Lipinski definition) is 5. The summed E-state index contributed by atoms with van der Waals surface area (Å²) in [5.41, 5.74) is 0.850. The number of nitriles is 1. The number of fused-ring (bicyclic) bond motifs is 1. The molecule has 1 aromatic carbocycles. The maximum absolute atomic E-state index is 12.1. The molecule has 0 saturated carbocycles. The highest BCUT2D eigenvalue weighted by atomic mass is 32.1. The Labute approximate surface area is 114 Å². The lowest BCUT2D eigenvalue weighted by Gasteiger charge is -2.10. The van der Waals surface area contributed by atoms with E-state index in [0.717, 1.165) is 16.6 Å². The number of hydrogen-bond donors (Lipinski definition) is 1. The van der Waals surface area contributed by atoms with E-state index in [2.05, 4.69) is 16.5 Å². The standard InChI is InChI=1S/C13H12N4OS/c14-8-17-6-5-9(7-17)15-12(18)13-16-10-3-1-2-4-11(10)19-13/h1-4,9H,5-7H2,(H,15,18)/t9-/m0/s1. The van der Waals surface area contributed by atoms with Crippen molar-refractivity contribution in [3.05, 3.63) is 29.3 Å². The molecular formula is C13H12N4OS. The van der Waals surface area contributed by atoms with Crippen LogP contribution in [0.5, 0.6) is 0 Å². The van der Waals surface area contributed by atoms with Gasteiger partial charge in [0.15, 0.2) is 11.2 Å². The fraction of sp³-hybridized carbons (Fsp3) is 0.308. The van der Waals surface area contributed by atoms with Gasteiger partial charge in [0, 0.05) is 19.1 Å². The highest BCUT2D eigenvalue weighted by Crippen LogP contribution is 2.21. The van der Waals surface area contributed by atoms with E-state index in [1.54, 1.807) is 4.90 Å². The molecule has 0 spiro atoms. The first kappa shape index (κ1) is 11.9. The number of carbonyl (C=O) groups is 1. The van der Waals surface area contributed by atoms with Crippen LogP contribution in [-0.2, 0) is 0 Å². The molecule has 1 N–H and O–H groups in total. The van der Waals surface area contributed by atoms with Gasteiger partial charge in [-0.05, 0) is 18.6 Å². The van der Waals surface area contributed by atoms with Gasteiger partial charge in [-0.25, -0.2) is 4.98 Å². The van der Waals surface area contributed by atoms with Crippen molar-refractivity contribution in [2.45, 2.75) is 12.5 Å². The van der Waals surface area contributed by atoms with Gasteiger partial charge in [-0.15, -0.1) is 11.3 Å². The van der Waals surface area contributed by atoms with Crippen LogP contribution in [-0.4, -0.2) is 34.9 Å². The summed E-state index contributed by atoms with van der Waals surface area (Å²) in [5.74, 6) is -0.147. The molecular weight excluding hydrogens is 260 g/mol. The topological polar surface area (TPSA) is 69.0 Å². The zero-order chi connectivity index (χ0) is 13.2. The second kappa shape index (κ2) is 4.86. The fourth-order valence-electron chi connectivity index (χ4n) is 2.19. The van der Waals surface area contributed by atoms with Crippen molar-refractivity contribution in [3.8, 4) is 6.19 Å². The molecule has 2 heterocycles. The van der Waals surface area contributed by atoms with Gasteiger partial charge in [-0.3, -0.25) is 4.79 Å². The number of thiazole rings is 1. The summed E-state index contributed by atoms with van der Waals surface area (Å²) in [6, 6.07) is 7.74. The Bertz CT molecular complexity index is 627. The first-order chi connectivity index (χ1) is 9.26. The second-order valence-corrected chi connectivity index (χ2v) is 5.52. The molecule has 0 aliphatic carbocycles. The molecule has 1 aliphatic heterocycles. The summed E-state index contributed by atoms with van der Waals surface area (Å²) in [5, 5.41) is 12.2. The molecule has 0 bridgehead atoms. The van der Waals surface area contributed by atoms with E-state index in [-0.39, 0.29) is 11.9 Å². The van der Waals surface area contributed by atoms with Crippen molar-refractivity contribution in [1.29, 1.82) is 5.26 Å². The van der Waals surface area contributed by atoms with Crippen LogP contribution in [0, 0.1) is 11.5 Å². The maximum atomic E-state index is 12.1. The normalized spacial score (nSPS) is 18.5. The van der Waals surface area contributed by atoms with Gasteiger partial charge in [-0.1, -0.05) is 12.1 Å². The number of para-hydroxylation sites is 1. The van der Waals surface area contributed by atoms with Gasteiger partial charge in [-0.2, -0.15) is 5.26 Å². The van der Waals surface area contributed by atoms with Crippen molar-refractivity contribution in [3.63, 3.8) is 0 Å². The number of carbonyl (C=O) groups excluding carboxylic acids is 1.